The third-order valence-corrected chi connectivity index (χ3v) is 7.58. The number of aryl methyl sites for hydroxylation is 1. The highest BCUT2D eigenvalue weighted by Gasteiger charge is 2.29. The van der Waals surface area contributed by atoms with Gasteiger partial charge in [-0.3, -0.25) is 0 Å². The van der Waals surface area contributed by atoms with Gasteiger partial charge in [0, 0.05) is 34.4 Å². The van der Waals surface area contributed by atoms with Crippen LogP contribution in [0.15, 0.2) is 78.9 Å². The highest BCUT2D eigenvalue weighted by molar-refractivity contribution is 7.45. The van der Waals surface area contributed by atoms with E-state index in [4.69, 9.17) is 17.7 Å². The Morgan fingerprint density at radius 2 is 1.74 bits per heavy atom. The van der Waals surface area contributed by atoms with Crippen LogP contribution in [-0.2, 0) is 10.3 Å². The van der Waals surface area contributed by atoms with E-state index in [0.717, 1.165) is 4.90 Å². The molecule has 4 aromatic rings. The van der Waals surface area contributed by atoms with Gasteiger partial charge in [0.2, 0.25) is 0 Å². The number of benzene rings is 3. The number of fused-ring (bicyclic) bond motifs is 1. The smallest absolute Gasteiger partial charge is 0.339 e. The van der Waals surface area contributed by atoms with Gasteiger partial charge in [0.1, 0.15) is 0 Å². The first-order chi connectivity index (χ1) is 14.9. The largest absolute Gasteiger partial charge is 0.438 e. The Kier molecular flexibility index (Phi) is 5.34. The van der Waals surface area contributed by atoms with E-state index >= 15 is 0 Å². The standard InChI is InChI=1S/C27H20NO2S/c1-5-27(3,22-12-14-23(28-4)15-13-22)30-26(29)20-10-16-24(17-11-20)31-19(2)18-21-8-6-7-9-25(21)31/h1,6-18H,2-3H3/q+1. The van der Waals surface area contributed by atoms with Crippen LogP contribution in [0.1, 0.15) is 27.7 Å². The molecule has 3 nitrogen and oxygen atoms in total. The second kappa shape index (κ2) is 8.11. The van der Waals surface area contributed by atoms with Crippen molar-refractivity contribution in [3.63, 3.8) is 0 Å². The van der Waals surface area contributed by atoms with Crippen molar-refractivity contribution in [1.82, 2.24) is 0 Å². The summed E-state index contributed by atoms with van der Waals surface area (Å²) in [7, 11) is -0.133. The Morgan fingerprint density at radius 3 is 2.39 bits per heavy atom. The Labute approximate surface area is 184 Å². The molecule has 31 heavy (non-hydrogen) atoms. The van der Waals surface area contributed by atoms with Crippen molar-refractivity contribution in [3.8, 4) is 17.2 Å². The van der Waals surface area contributed by atoms with Gasteiger partial charge in [-0.2, -0.15) is 0 Å². The Hall–Kier alpha value is -3.86. The van der Waals surface area contributed by atoms with Gasteiger partial charge < -0.3 is 4.74 Å². The summed E-state index contributed by atoms with van der Waals surface area (Å²) in [6.45, 7) is 10.9. The summed E-state index contributed by atoms with van der Waals surface area (Å²) in [4.78, 5) is 18.7. The number of hydrogen-bond donors (Lipinski definition) is 0. The van der Waals surface area contributed by atoms with Crippen LogP contribution in [0.3, 0.4) is 0 Å². The molecular weight excluding hydrogens is 402 g/mol. The predicted molar refractivity (Wildman–Crippen MR) is 127 cm³/mol. The molecule has 150 valence electrons. The van der Waals surface area contributed by atoms with Crippen molar-refractivity contribution in [3.05, 3.63) is 106 Å². The molecule has 0 aliphatic carbocycles. The van der Waals surface area contributed by atoms with Gasteiger partial charge in [0.15, 0.2) is 25.8 Å². The van der Waals surface area contributed by atoms with Gasteiger partial charge in [-0.15, -0.1) is 6.42 Å². The maximum atomic E-state index is 12.8. The van der Waals surface area contributed by atoms with Crippen LogP contribution in [0.2, 0.25) is 0 Å². The van der Waals surface area contributed by atoms with Crippen molar-refractivity contribution >= 4 is 32.2 Å². The summed E-state index contributed by atoms with van der Waals surface area (Å²) < 4.78 is 7.02. The van der Waals surface area contributed by atoms with E-state index in [1.807, 2.05) is 18.2 Å². The zero-order valence-corrected chi connectivity index (χ0v) is 18.1. The topological polar surface area (TPSA) is 30.7 Å². The SMILES string of the molecule is [C-]#[N+]c1ccc(C(C)(C#C)OC(=O)c2ccc(-[s+]3c(C)cc4ccccc43)cc2)cc1. The van der Waals surface area contributed by atoms with Gasteiger partial charge in [-0.25, -0.2) is 9.64 Å². The fourth-order valence-corrected chi connectivity index (χ4v) is 5.75. The molecule has 1 heterocycles. The summed E-state index contributed by atoms with van der Waals surface area (Å²) in [6, 6.07) is 24.9. The summed E-state index contributed by atoms with van der Waals surface area (Å²) >= 11 is 0. The molecule has 0 N–H and O–H groups in total. The lowest BCUT2D eigenvalue weighted by atomic mass is 9.96. The first-order valence-electron chi connectivity index (χ1n) is 9.76. The molecular formula is C27H20NO2S+. The average molecular weight is 423 g/mol. The average Bonchev–Trinajstić information content (AvgIpc) is 3.14. The molecule has 0 spiro atoms. The van der Waals surface area contributed by atoms with Crippen molar-refractivity contribution in [2.24, 2.45) is 0 Å². The van der Waals surface area contributed by atoms with Crippen LogP contribution >= 0.6 is 10.5 Å². The normalized spacial score (nSPS) is 13.1. The van der Waals surface area contributed by atoms with E-state index < -0.39 is 11.6 Å². The first-order valence-corrected chi connectivity index (χ1v) is 11.0. The Morgan fingerprint density at radius 1 is 1.06 bits per heavy atom. The second-order valence-electron chi connectivity index (χ2n) is 7.35. The molecule has 2 unspecified atom stereocenters. The third-order valence-electron chi connectivity index (χ3n) is 5.26. The molecule has 1 aromatic heterocycles. The van der Waals surface area contributed by atoms with Crippen molar-refractivity contribution in [2.75, 3.05) is 0 Å². The summed E-state index contributed by atoms with van der Waals surface area (Å²) in [5.74, 6) is 2.10. The van der Waals surface area contributed by atoms with Crippen LogP contribution in [-0.4, -0.2) is 5.97 Å². The quantitative estimate of drug-likeness (QED) is 0.151. The van der Waals surface area contributed by atoms with E-state index in [2.05, 4.69) is 42.0 Å². The first kappa shape index (κ1) is 20.4. The van der Waals surface area contributed by atoms with Crippen LogP contribution in [0.4, 0.5) is 5.69 Å². The highest BCUT2D eigenvalue weighted by atomic mass is 32.2. The maximum Gasteiger partial charge on any atom is 0.339 e. The molecule has 0 fully saturated rings. The minimum atomic E-state index is -1.22. The lowest BCUT2D eigenvalue weighted by Crippen LogP contribution is -2.27. The number of thiophene rings is 1. The number of terminal acetylenes is 1. The molecule has 0 saturated heterocycles. The van der Waals surface area contributed by atoms with Crippen LogP contribution in [0, 0.1) is 25.8 Å². The fourth-order valence-electron chi connectivity index (χ4n) is 3.55. The van der Waals surface area contributed by atoms with E-state index in [1.165, 1.54) is 15.0 Å². The molecule has 0 aliphatic rings. The van der Waals surface area contributed by atoms with Crippen LogP contribution in [0.25, 0.3) is 19.8 Å². The van der Waals surface area contributed by atoms with Crippen molar-refractivity contribution in [1.29, 1.82) is 0 Å². The number of carbonyl (C=O) groups is 1. The van der Waals surface area contributed by atoms with E-state index in [9.17, 15) is 4.79 Å². The zero-order valence-electron chi connectivity index (χ0n) is 17.3. The minimum absolute atomic E-state index is 0.133. The third kappa shape index (κ3) is 3.82. The molecule has 3 aromatic carbocycles. The van der Waals surface area contributed by atoms with E-state index in [-0.39, 0.29) is 10.5 Å². The monoisotopic (exact) mass is 422 g/mol. The number of nitrogens with zero attached hydrogens (tertiary/aromatic N) is 1. The van der Waals surface area contributed by atoms with Gasteiger partial charge in [-0.1, -0.05) is 42.3 Å². The Balaban J connectivity index is 1.60. The number of ether oxygens (including phenoxy) is 1. The lowest BCUT2D eigenvalue weighted by Gasteiger charge is -2.24. The molecule has 4 heteroatoms. The molecule has 0 bridgehead atoms. The molecule has 0 amide bonds. The number of hydrogen-bond acceptors (Lipinski definition) is 2. The molecule has 2 atom stereocenters. The summed E-state index contributed by atoms with van der Waals surface area (Å²) in [6.07, 6.45) is 5.71. The van der Waals surface area contributed by atoms with Crippen molar-refractivity contribution in [2.45, 2.75) is 19.4 Å². The number of carbonyl (C=O) groups excluding carboxylic acids is 1. The second-order valence-corrected chi connectivity index (χ2v) is 9.52. The zero-order chi connectivity index (χ0) is 22.0. The van der Waals surface area contributed by atoms with Crippen LogP contribution in [0.5, 0.6) is 0 Å². The molecule has 0 aliphatic heterocycles. The highest BCUT2D eigenvalue weighted by Crippen LogP contribution is 2.43. The van der Waals surface area contributed by atoms with Gasteiger partial charge in [0.05, 0.1) is 12.1 Å². The fraction of sp³-hybridized carbons (Fsp3) is 0.111. The van der Waals surface area contributed by atoms with E-state index in [0.29, 0.717) is 16.8 Å². The summed E-state index contributed by atoms with van der Waals surface area (Å²) in [5.41, 5.74) is 0.378. The van der Waals surface area contributed by atoms with E-state index in [1.54, 1.807) is 43.3 Å². The number of rotatable bonds is 4. The lowest BCUT2D eigenvalue weighted by molar-refractivity contribution is 0.0129. The van der Waals surface area contributed by atoms with Gasteiger partial charge >= 0.3 is 5.97 Å². The van der Waals surface area contributed by atoms with Crippen molar-refractivity contribution < 1.29 is 9.53 Å². The summed E-state index contributed by atoms with van der Waals surface area (Å²) in [5, 5.41) is 1.25. The predicted octanol–water partition coefficient (Wildman–Crippen LogP) is 7.14. The molecule has 4 rings (SSSR count). The molecule has 0 saturated carbocycles. The minimum Gasteiger partial charge on any atom is -0.438 e. The van der Waals surface area contributed by atoms with Gasteiger partial charge in [-0.05, 0) is 43.3 Å². The number of esters is 1. The Bertz CT molecular complexity index is 1350. The van der Waals surface area contributed by atoms with Crippen LogP contribution < -0.4 is 0 Å². The van der Waals surface area contributed by atoms with Gasteiger partial charge in [0.25, 0.3) is 0 Å². The molecule has 0 radical (unpaired) electrons. The maximum absolute atomic E-state index is 12.8.